The molecule has 0 aliphatic heterocycles. The van der Waals surface area contributed by atoms with Gasteiger partial charge in [0.15, 0.2) is 0 Å². The zero-order valence-electron chi connectivity index (χ0n) is 14.9. The topological polar surface area (TPSA) is 18.1 Å². The first kappa shape index (κ1) is 14.6. The molecule has 27 heavy (non-hydrogen) atoms. The van der Waals surface area contributed by atoms with E-state index in [1.54, 1.807) is 0 Å². The first-order valence-corrected chi connectivity index (χ1v) is 9.21. The summed E-state index contributed by atoms with van der Waals surface area (Å²) in [5.41, 5.74) is 6.75. The normalized spacial score (nSPS) is 11.9. The van der Waals surface area contributed by atoms with E-state index >= 15 is 0 Å². The van der Waals surface area contributed by atoms with Gasteiger partial charge >= 0.3 is 0 Å². The van der Waals surface area contributed by atoms with Crippen LogP contribution >= 0.6 is 0 Å². The largest absolute Gasteiger partial charge is 0.456 e. The molecule has 0 unspecified atom stereocenters. The fraction of sp³-hybridized carbons (Fsp3) is 0.0400. The van der Waals surface area contributed by atoms with Gasteiger partial charge in [0.05, 0.1) is 11.0 Å². The molecule has 0 fully saturated rings. The molecule has 2 heteroatoms. The number of hydrogen-bond donors (Lipinski definition) is 0. The summed E-state index contributed by atoms with van der Waals surface area (Å²) in [6, 6.07) is 30.0. The molecule has 2 aromatic heterocycles. The lowest BCUT2D eigenvalue weighted by atomic mass is 10.1. The minimum atomic E-state index is 0.937. The van der Waals surface area contributed by atoms with Gasteiger partial charge < -0.3 is 8.98 Å². The summed E-state index contributed by atoms with van der Waals surface area (Å²) in [7, 11) is 0. The number of rotatable bonds is 1. The van der Waals surface area contributed by atoms with Crippen molar-refractivity contribution in [3.8, 4) is 5.69 Å². The van der Waals surface area contributed by atoms with E-state index in [4.69, 9.17) is 4.42 Å². The second-order valence-electron chi connectivity index (χ2n) is 7.16. The zero-order valence-corrected chi connectivity index (χ0v) is 14.9. The van der Waals surface area contributed by atoms with Crippen LogP contribution in [0.2, 0.25) is 0 Å². The van der Waals surface area contributed by atoms with Crippen LogP contribution in [-0.2, 0) is 0 Å². The van der Waals surface area contributed by atoms with Gasteiger partial charge in [-0.3, -0.25) is 0 Å². The number of furan rings is 1. The molecule has 6 rings (SSSR count). The first-order chi connectivity index (χ1) is 13.3. The SMILES string of the molecule is Cc1ccc2c(c1)c1cc3oc4ccccc4c3cc1n2-c1ccccc1. The molecule has 0 aliphatic rings. The predicted octanol–water partition coefficient (Wildman–Crippen LogP) is 6.99. The summed E-state index contributed by atoms with van der Waals surface area (Å²) in [5.74, 6) is 0. The third-order valence-electron chi connectivity index (χ3n) is 5.43. The highest BCUT2D eigenvalue weighted by molar-refractivity contribution is 6.17. The number of aromatic nitrogens is 1. The number of nitrogens with zero attached hydrogens (tertiary/aromatic N) is 1. The lowest BCUT2D eigenvalue weighted by Crippen LogP contribution is -1.92. The Labute approximate surface area is 156 Å². The average molecular weight is 347 g/mol. The van der Waals surface area contributed by atoms with Gasteiger partial charge in [-0.15, -0.1) is 0 Å². The first-order valence-electron chi connectivity index (χ1n) is 9.21. The molecule has 0 amide bonds. The molecule has 0 bridgehead atoms. The fourth-order valence-electron chi connectivity index (χ4n) is 4.21. The maximum Gasteiger partial charge on any atom is 0.136 e. The van der Waals surface area contributed by atoms with Crippen molar-refractivity contribution in [2.75, 3.05) is 0 Å². The minimum Gasteiger partial charge on any atom is -0.456 e. The summed E-state index contributed by atoms with van der Waals surface area (Å²) in [6.45, 7) is 2.14. The van der Waals surface area contributed by atoms with Gasteiger partial charge in [-0.25, -0.2) is 0 Å². The molecular formula is C25H17NO. The predicted molar refractivity (Wildman–Crippen MR) is 113 cm³/mol. The highest BCUT2D eigenvalue weighted by Crippen LogP contribution is 2.38. The molecule has 0 aliphatic carbocycles. The van der Waals surface area contributed by atoms with E-state index in [1.165, 1.54) is 33.1 Å². The zero-order chi connectivity index (χ0) is 18.0. The quantitative estimate of drug-likeness (QED) is 0.313. The molecule has 128 valence electrons. The Balaban J connectivity index is 1.86. The van der Waals surface area contributed by atoms with E-state index in [1.807, 2.05) is 12.1 Å². The standard InChI is InChI=1S/C25H17NO/c1-16-11-12-22-19(13-16)20-15-25-21(18-9-5-6-10-24(18)27-25)14-23(20)26(22)17-7-3-2-4-8-17/h2-15H,1H3. The van der Waals surface area contributed by atoms with Crippen molar-refractivity contribution in [1.29, 1.82) is 0 Å². The molecule has 0 saturated carbocycles. The number of para-hydroxylation sites is 2. The highest BCUT2D eigenvalue weighted by atomic mass is 16.3. The second-order valence-corrected chi connectivity index (χ2v) is 7.16. The van der Waals surface area contributed by atoms with Gasteiger partial charge in [0.2, 0.25) is 0 Å². The van der Waals surface area contributed by atoms with Crippen molar-refractivity contribution in [1.82, 2.24) is 4.57 Å². The van der Waals surface area contributed by atoms with Crippen LogP contribution in [0.5, 0.6) is 0 Å². The number of benzene rings is 4. The molecule has 0 spiro atoms. The van der Waals surface area contributed by atoms with Crippen molar-refractivity contribution in [2.45, 2.75) is 6.92 Å². The molecule has 4 aromatic carbocycles. The maximum absolute atomic E-state index is 6.15. The van der Waals surface area contributed by atoms with Crippen molar-refractivity contribution >= 4 is 43.7 Å². The summed E-state index contributed by atoms with van der Waals surface area (Å²) < 4.78 is 8.50. The lowest BCUT2D eigenvalue weighted by Gasteiger charge is -2.07. The van der Waals surface area contributed by atoms with Gasteiger partial charge in [0, 0.05) is 27.2 Å². The number of aryl methyl sites for hydroxylation is 1. The van der Waals surface area contributed by atoms with E-state index in [-0.39, 0.29) is 0 Å². The second kappa shape index (κ2) is 5.24. The third-order valence-corrected chi connectivity index (χ3v) is 5.43. The van der Waals surface area contributed by atoms with E-state index in [2.05, 4.69) is 84.3 Å². The molecule has 0 saturated heterocycles. The van der Waals surface area contributed by atoms with Gasteiger partial charge in [-0.2, -0.15) is 0 Å². The Bertz CT molecular complexity index is 1470. The molecule has 2 nitrogen and oxygen atoms in total. The van der Waals surface area contributed by atoms with Gasteiger partial charge in [0.25, 0.3) is 0 Å². The van der Waals surface area contributed by atoms with Gasteiger partial charge in [-0.1, -0.05) is 48.0 Å². The van der Waals surface area contributed by atoms with Crippen LogP contribution in [-0.4, -0.2) is 4.57 Å². The molecule has 0 N–H and O–H groups in total. The molecule has 2 heterocycles. The molecule has 0 radical (unpaired) electrons. The van der Waals surface area contributed by atoms with E-state index in [9.17, 15) is 0 Å². The number of fused-ring (bicyclic) bond motifs is 6. The maximum atomic E-state index is 6.15. The summed E-state index contributed by atoms with van der Waals surface area (Å²) in [6.07, 6.45) is 0. The summed E-state index contributed by atoms with van der Waals surface area (Å²) in [4.78, 5) is 0. The fourth-order valence-corrected chi connectivity index (χ4v) is 4.21. The Morgan fingerprint density at radius 3 is 2.26 bits per heavy atom. The smallest absolute Gasteiger partial charge is 0.136 e. The Morgan fingerprint density at radius 1 is 0.593 bits per heavy atom. The monoisotopic (exact) mass is 347 g/mol. The van der Waals surface area contributed by atoms with Crippen LogP contribution in [0.4, 0.5) is 0 Å². The summed E-state index contributed by atoms with van der Waals surface area (Å²) >= 11 is 0. The van der Waals surface area contributed by atoms with Crippen molar-refractivity contribution in [3.05, 3.63) is 90.5 Å². The average Bonchev–Trinajstić information content (AvgIpc) is 3.22. The summed E-state index contributed by atoms with van der Waals surface area (Å²) in [5, 5.41) is 4.81. The minimum absolute atomic E-state index is 0.937. The van der Waals surface area contributed by atoms with Crippen molar-refractivity contribution < 1.29 is 4.42 Å². The van der Waals surface area contributed by atoms with Crippen molar-refractivity contribution in [2.24, 2.45) is 0 Å². The highest BCUT2D eigenvalue weighted by Gasteiger charge is 2.16. The van der Waals surface area contributed by atoms with Crippen molar-refractivity contribution in [3.63, 3.8) is 0 Å². The van der Waals surface area contributed by atoms with Crippen LogP contribution < -0.4 is 0 Å². The van der Waals surface area contributed by atoms with Gasteiger partial charge in [-0.05, 0) is 49.4 Å². The van der Waals surface area contributed by atoms with Crippen LogP contribution in [0.15, 0.2) is 89.3 Å². The molecule has 6 aromatic rings. The van der Waals surface area contributed by atoms with Crippen LogP contribution in [0.3, 0.4) is 0 Å². The Kier molecular flexibility index (Phi) is 2.84. The van der Waals surface area contributed by atoms with Gasteiger partial charge in [0.1, 0.15) is 11.2 Å². The Hall–Kier alpha value is -3.52. The number of hydrogen-bond acceptors (Lipinski definition) is 1. The molecule has 0 atom stereocenters. The van der Waals surface area contributed by atoms with E-state index in [0.29, 0.717) is 0 Å². The van der Waals surface area contributed by atoms with Crippen LogP contribution in [0, 0.1) is 6.92 Å². The third kappa shape index (κ3) is 2.01. The molecular weight excluding hydrogens is 330 g/mol. The lowest BCUT2D eigenvalue weighted by molar-refractivity contribution is 0.669. The van der Waals surface area contributed by atoms with Crippen LogP contribution in [0.1, 0.15) is 5.56 Å². The van der Waals surface area contributed by atoms with E-state index in [0.717, 1.165) is 21.9 Å². The van der Waals surface area contributed by atoms with E-state index < -0.39 is 0 Å². The van der Waals surface area contributed by atoms with Crippen LogP contribution in [0.25, 0.3) is 49.4 Å². The Morgan fingerprint density at radius 2 is 1.37 bits per heavy atom.